The highest BCUT2D eigenvalue weighted by Gasteiger charge is 2.26. The summed E-state index contributed by atoms with van der Waals surface area (Å²) in [6.45, 7) is 0. The Kier molecular flexibility index (Phi) is 17.9. The molecule has 24 rings (SSSR count). The van der Waals surface area contributed by atoms with Gasteiger partial charge in [-0.2, -0.15) is 10.2 Å². The van der Waals surface area contributed by atoms with E-state index in [-0.39, 0.29) is 0 Å². The van der Waals surface area contributed by atoms with Crippen molar-refractivity contribution < 1.29 is 8.83 Å². The zero-order valence-corrected chi connectivity index (χ0v) is 66.7. The lowest BCUT2D eigenvalue weighted by Gasteiger charge is -2.12. The second-order valence-corrected chi connectivity index (χ2v) is 30.9. The van der Waals surface area contributed by atoms with E-state index in [0.29, 0.717) is 34.9 Å². The van der Waals surface area contributed by atoms with Gasteiger partial charge >= 0.3 is 0 Å². The fourth-order valence-corrected chi connectivity index (χ4v) is 17.5. The van der Waals surface area contributed by atoms with Crippen molar-refractivity contribution in [1.82, 2.24) is 49.1 Å². The van der Waals surface area contributed by atoms with Crippen molar-refractivity contribution >= 4 is 76.5 Å². The molecule has 8 heterocycles. The van der Waals surface area contributed by atoms with E-state index in [1.165, 1.54) is 0 Å². The molecule has 0 saturated heterocycles. The highest BCUT2D eigenvalue weighted by atomic mass is 16.3. The van der Waals surface area contributed by atoms with Gasteiger partial charge in [0, 0.05) is 99.1 Å². The van der Waals surface area contributed by atoms with Crippen LogP contribution in [-0.4, -0.2) is 49.1 Å². The summed E-state index contributed by atoms with van der Waals surface area (Å²) in [5.74, 6) is 3.61. The maximum Gasteiger partial charge on any atom is 0.164 e. The van der Waals surface area contributed by atoms with Gasteiger partial charge in [0.05, 0.1) is 22.4 Å². The van der Waals surface area contributed by atoms with Gasteiger partial charge in [-0.25, -0.2) is 38.9 Å². The normalized spacial score (nSPS) is 11.5. The van der Waals surface area contributed by atoms with Crippen LogP contribution in [0.4, 0.5) is 0 Å². The molecule has 0 N–H and O–H groups in total. The first kappa shape index (κ1) is 72.3. The van der Waals surface area contributed by atoms with Crippen molar-refractivity contribution in [2.75, 3.05) is 0 Å². The lowest BCUT2D eigenvalue weighted by Crippen LogP contribution is -2.00. The Labute approximate surface area is 712 Å². The SMILES string of the molecule is c1ccc(-c2nc(-c3ccc(-c4c(-c5ccccc5)nn5c(-c6ccccc6)cc6ccccc6c45)cc3)nc(-c3cccc(-c4cccc5oc6ccccc6c45)c3)n2)cc1.c1ccc(-c2nc(-c3ccc(-c4cccc5oc6ccccc6c45)cc3)nc(-c3ccc(-c4c(-c5ccccc5)nn5c(-c6ccccc6)cc6ccccc6c45)cc3)n2)cc1. The maximum absolute atomic E-state index is 6.25. The van der Waals surface area contributed by atoms with Crippen LogP contribution >= 0.6 is 0 Å². The number of hydrogen-bond donors (Lipinski definition) is 0. The molecule has 0 saturated carbocycles. The Morgan fingerprint density at radius 1 is 0.185 bits per heavy atom. The van der Waals surface area contributed by atoms with Gasteiger partial charge in [0.15, 0.2) is 34.9 Å². The van der Waals surface area contributed by atoms with Gasteiger partial charge in [-0.05, 0) is 86.6 Å². The molecule has 0 aliphatic rings. The Bertz CT molecular complexity index is 8180. The lowest BCUT2D eigenvalue weighted by molar-refractivity contribution is 0.668. The highest BCUT2D eigenvalue weighted by Crippen LogP contribution is 2.46. The summed E-state index contributed by atoms with van der Waals surface area (Å²) in [6.07, 6.45) is 0. The van der Waals surface area contributed by atoms with Crippen molar-refractivity contribution in [2.45, 2.75) is 0 Å². The topological polar surface area (TPSA) is 138 Å². The number of aromatic nitrogens is 10. The van der Waals surface area contributed by atoms with Crippen molar-refractivity contribution in [2.24, 2.45) is 0 Å². The van der Waals surface area contributed by atoms with Crippen LogP contribution in [-0.2, 0) is 0 Å². The quantitative estimate of drug-likeness (QED) is 0.103. The molecule has 12 heteroatoms. The van der Waals surface area contributed by atoms with Crippen molar-refractivity contribution in [1.29, 1.82) is 0 Å². The van der Waals surface area contributed by atoms with Gasteiger partial charge in [0.1, 0.15) is 33.7 Å². The molecule has 16 aromatic carbocycles. The summed E-state index contributed by atoms with van der Waals surface area (Å²) in [4.78, 5) is 30.6. The number of para-hydroxylation sites is 2. The van der Waals surface area contributed by atoms with Crippen LogP contribution in [0.1, 0.15) is 0 Å². The molecule has 0 spiro atoms. The third kappa shape index (κ3) is 13.1. The fraction of sp³-hybridized carbons (Fsp3) is 0. The Morgan fingerprint density at radius 2 is 0.460 bits per heavy atom. The molecular weight excluding hydrogens is 1520 g/mol. The van der Waals surface area contributed by atoms with Gasteiger partial charge in [-0.1, -0.05) is 382 Å². The van der Waals surface area contributed by atoms with Crippen LogP contribution in [0.5, 0.6) is 0 Å². The number of fused-ring (bicyclic) bond motifs is 12. The van der Waals surface area contributed by atoms with E-state index < -0.39 is 0 Å². The van der Waals surface area contributed by atoms with Crippen LogP contribution in [0.25, 0.3) is 234 Å². The summed E-state index contributed by atoms with van der Waals surface area (Å²) in [6, 6.07) is 147. The maximum atomic E-state index is 6.25. The molecule has 12 nitrogen and oxygen atoms in total. The first-order valence-electron chi connectivity index (χ1n) is 41.4. The van der Waals surface area contributed by atoms with Crippen molar-refractivity contribution in [3.8, 4) is 158 Å². The van der Waals surface area contributed by atoms with Crippen LogP contribution in [0.15, 0.2) is 433 Å². The highest BCUT2D eigenvalue weighted by molar-refractivity contribution is 6.15. The number of nitrogens with zero attached hydrogens (tertiary/aromatic N) is 10. The largest absolute Gasteiger partial charge is 0.456 e. The van der Waals surface area contributed by atoms with Gasteiger partial charge in [0.2, 0.25) is 0 Å². The first-order chi connectivity index (χ1) is 61.5. The van der Waals surface area contributed by atoms with E-state index in [1.54, 1.807) is 0 Å². The van der Waals surface area contributed by atoms with E-state index in [4.69, 9.17) is 48.9 Å². The molecule has 124 heavy (non-hydrogen) atoms. The van der Waals surface area contributed by atoms with Gasteiger partial charge in [-0.15, -0.1) is 0 Å². The molecule has 0 fully saturated rings. The molecule has 0 radical (unpaired) electrons. The van der Waals surface area contributed by atoms with Crippen LogP contribution in [0, 0.1) is 0 Å². The van der Waals surface area contributed by atoms with Crippen molar-refractivity contribution in [3.05, 3.63) is 425 Å². The molecule has 0 atom stereocenters. The fourth-order valence-electron chi connectivity index (χ4n) is 17.5. The standard InChI is InChI=1S/2C56H35N5O/c1-4-16-36(17-5-1)47-35-42-22-10-11-25-45(42)53-50(52(60-61(47)53)38-18-6-2-7-19-38)37-30-32-40(33-31-37)55-57-54(39-20-8-3-9-21-39)58-56(59-55)43-24-14-23-41(34-43)44-27-15-29-49-51(44)46-26-12-13-28-48(46)62-49;1-4-15-37(16-5-1)47-35-43-21-10-11-22-45(43)53-50(52(60-61(47)53)39-17-6-2-7-18-39)38-29-33-42(34-30-38)56-58-54(40-19-8-3-9-20-40)57-55(59-56)41-31-27-36(28-32-41)44-24-14-26-49-51(44)46-23-12-13-25-48(46)62-49/h2*1-35H. The Hall–Kier alpha value is -17.0. The number of benzene rings is 16. The van der Waals surface area contributed by atoms with E-state index in [1.807, 2.05) is 133 Å². The molecule has 0 aliphatic heterocycles. The number of pyridine rings is 2. The zero-order valence-electron chi connectivity index (χ0n) is 66.7. The summed E-state index contributed by atoms with van der Waals surface area (Å²) in [5.41, 5.74) is 27.8. The molecule has 24 aromatic rings. The first-order valence-corrected chi connectivity index (χ1v) is 41.4. The number of hydrogen-bond acceptors (Lipinski definition) is 10. The second kappa shape index (κ2) is 30.8. The Balaban J connectivity index is 0.000000143. The average Bonchev–Trinajstić information content (AvgIpc) is 1.57. The molecule has 0 bridgehead atoms. The van der Waals surface area contributed by atoms with E-state index in [9.17, 15) is 0 Å². The van der Waals surface area contributed by atoms with Crippen LogP contribution in [0.2, 0.25) is 0 Å². The van der Waals surface area contributed by atoms with Crippen molar-refractivity contribution in [3.63, 3.8) is 0 Å². The minimum absolute atomic E-state index is 0.591. The molecular formula is C112H70N10O2. The van der Waals surface area contributed by atoms with Crippen LogP contribution < -0.4 is 0 Å². The van der Waals surface area contributed by atoms with Gasteiger partial charge < -0.3 is 8.83 Å². The summed E-state index contributed by atoms with van der Waals surface area (Å²) in [7, 11) is 0. The van der Waals surface area contributed by atoms with Gasteiger partial charge in [-0.3, -0.25) is 0 Å². The van der Waals surface area contributed by atoms with Crippen LogP contribution in [0.3, 0.4) is 0 Å². The lowest BCUT2D eigenvalue weighted by atomic mass is 9.96. The van der Waals surface area contributed by atoms with E-state index in [2.05, 4.69) is 300 Å². The predicted octanol–water partition coefficient (Wildman–Crippen LogP) is 28.5. The minimum atomic E-state index is 0.591. The number of rotatable bonds is 14. The van der Waals surface area contributed by atoms with Gasteiger partial charge in [0.25, 0.3) is 0 Å². The smallest absolute Gasteiger partial charge is 0.164 e. The molecule has 580 valence electrons. The zero-order chi connectivity index (χ0) is 82.0. The summed E-state index contributed by atoms with van der Waals surface area (Å²) < 4.78 is 16.7. The Morgan fingerprint density at radius 3 is 0.855 bits per heavy atom. The monoisotopic (exact) mass is 1590 g/mol. The molecule has 0 aliphatic carbocycles. The third-order valence-electron chi connectivity index (χ3n) is 23.4. The van der Waals surface area contributed by atoms with E-state index >= 15 is 0 Å². The average molecular weight is 1590 g/mol. The predicted molar refractivity (Wildman–Crippen MR) is 503 cm³/mol. The number of furan rings is 2. The summed E-state index contributed by atoms with van der Waals surface area (Å²) in [5, 5.41) is 19.7. The summed E-state index contributed by atoms with van der Waals surface area (Å²) >= 11 is 0. The minimum Gasteiger partial charge on any atom is -0.456 e. The second-order valence-electron chi connectivity index (χ2n) is 30.9. The molecule has 0 amide bonds. The third-order valence-corrected chi connectivity index (χ3v) is 23.4. The molecule has 8 aromatic heterocycles. The van der Waals surface area contributed by atoms with E-state index in [0.717, 1.165) is 199 Å². The molecule has 0 unspecified atom stereocenters.